The van der Waals surface area contributed by atoms with E-state index in [1.165, 1.54) is 0 Å². The third-order valence-corrected chi connectivity index (χ3v) is 5.20. The van der Waals surface area contributed by atoms with Gasteiger partial charge < -0.3 is 14.5 Å². The number of aromatic nitrogens is 2. The number of carbonyl (C=O) groups excluding carboxylic acids is 1. The van der Waals surface area contributed by atoms with Crippen molar-refractivity contribution in [2.24, 2.45) is 0 Å². The Morgan fingerprint density at radius 2 is 1.93 bits per heavy atom. The summed E-state index contributed by atoms with van der Waals surface area (Å²) in [5.41, 5.74) is 2.68. The van der Waals surface area contributed by atoms with Gasteiger partial charge in [0.15, 0.2) is 6.61 Å². The first-order valence-electron chi connectivity index (χ1n) is 8.31. The number of anilines is 1. The van der Waals surface area contributed by atoms with Gasteiger partial charge in [0.1, 0.15) is 5.75 Å². The van der Waals surface area contributed by atoms with Crippen LogP contribution in [0.2, 0.25) is 10.0 Å². The fourth-order valence-corrected chi connectivity index (χ4v) is 3.36. The number of nitrogens with zero attached hydrogens (tertiary/aromatic N) is 2. The molecule has 0 radical (unpaired) electrons. The number of thioether (sulfide) groups is 1. The Labute approximate surface area is 176 Å². The quantitative estimate of drug-likeness (QED) is 0.505. The summed E-state index contributed by atoms with van der Waals surface area (Å²) < 4.78 is 11.2. The third-order valence-electron chi connectivity index (χ3n) is 3.56. The van der Waals surface area contributed by atoms with Gasteiger partial charge >= 0.3 is 0 Å². The highest BCUT2D eigenvalue weighted by atomic mass is 35.5. The van der Waals surface area contributed by atoms with Crippen molar-refractivity contribution in [3.05, 3.63) is 63.5 Å². The average Bonchev–Trinajstić information content (AvgIpc) is 3.09. The number of rotatable bonds is 7. The summed E-state index contributed by atoms with van der Waals surface area (Å²) >= 11 is 13.1. The van der Waals surface area contributed by atoms with Crippen molar-refractivity contribution in [2.75, 3.05) is 11.1 Å². The zero-order valence-corrected chi connectivity index (χ0v) is 17.5. The molecule has 0 aliphatic carbocycles. The van der Waals surface area contributed by atoms with Crippen molar-refractivity contribution in [2.45, 2.75) is 25.7 Å². The molecule has 0 aliphatic heterocycles. The highest BCUT2D eigenvalue weighted by molar-refractivity contribution is 7.99. The van der Waals surface area contributed by atoms with Crippen LogP contribution in [0.4, 0.5) is 5.69 Å². The second kappa shape index (κ2) is 9.32. The number of hydrogen-bond acceptors (Lipinski definition) is 6. The molecule has 0 aliphatic rings. The predicted molar refractivity (Wildman–Crippen MR) is 110 cm³/mol. The van der Waals surface area contributed by atoms with E-state index in [-0.39, 0.29) is 23.5 Å². The normalized spacial score (nSPS) is 10.7. The van der Waals surface area contributed by atoms with Gasteiger partial charge in [0, 0.05) is 0 Å². The summed E-state index contributed by atoms with van der Waals surface area (Å²) in [7, 11) is 0. The van der Waals surface area contributed by atoms with Crippen LogP contribution in [0.3, 0.4) is 0 Å². The van der Waals surface area contributed by atoms with Crippen molar-refractivity contribution >= 4 is 46.6 Å². The molecule has 0 saturated heterocycles. The second-order valence-corrected chi connectivity index (χ2v) is 7.72. The van der Waals surface area contributed by atoms with Gasteiger partial charge in [0.2, 0.25) is 5.91 Å². The van der Waals surface area contributed by atoms with Crippen LogP contribution in [0.1, 0.15) is 17.0 Å². The molecule has 6 nitrogen and oxygen atoms in total. The van der Waals surface area contributed by atoms with Gasteiger partial charge in [-0.05, 0) is 49.2 Å². The molecule has 0 fully saturated rings. The lowest BCUT2D eigenvalue weighted by Crippen LogP contribution is -2.14. The molecule has 1 aromatic heterocycles. The van der Waals surface area contributed by atoms with Crippen molar-refractivity contribution in [1.82, 2.24) is 10.2 Å². The van der Waals surface area contributed by atoms with Crippen molar-refractivity contribution in [1.29, 1.82) is 0 Å². The Bertz CT molecular complexity index is 974. The second-order valence-electron chi connectivity index (χ2n) is 6.01. The molecular formula is C19H17Cl2N3O3S. The van der Waals surface area contributed by atoms with Crippen molar-refractivity contribution in [3.8, 4) is 5.75 Å². The molecule has 1 heterocycles. The number of carbonyl (C=O) groups is 1. The first kappa shape index (κ1) is 20.5. The van der Waals surface area contributed by atoms with Crippen LogP contribution in [0, 0.1) is 13.8 Å². The first-order valence-corrected chi connectivity index (χ1v) is 10.0. The Balaban J connectivity index is 1.50. The summed E-state index contributed by atoms with van der Waals surface area (Å²) in [5.74, 6) is 0.894. The van der Waals surface area contributed by atoms with Crippen LogP contribution in [0.5, 0.6) is 5.75 Å². The van der Waals surface area contributed by atoms with E-state index in [0.29, 0.717) is 21.6 Å². The van der Waals surface area contributed by atoms with E-state index >= 15 is 0 Å². The lowest BCUT2D eigenvalue weighted by Gasteiger charge is -2.07. The Kier molecular flexibility index (Phi) is 6.83. The number of benzene rings is 2. The Morgan fingerprint density at radius 3 is 2.68 bits per heavy atom. The molecule has 1 N–H and O–H groups in total. The highest BCUT2D eigenvalue weighted by Gasteiger charge is 2.12. The minimum atomic E-state index is -0.264. The van der Waals surface area contributed by atoms with Crippen LogP contribution < -0.4 is 10.1 Å². The highest BCUT2D eigenvalue weighted by Crippen LogP contribution is 2.29. The number of hydrogen-bond donors (Lipinski definition) is 1. The van der Waals surface area contributed by atoms with Gasteiger partial charge in [-0.1, -0.05) is 47.1 Å². The van der Waals surface area contributed by atoms with E-state index in [1.54, 1.807) is 18.2 Å². The first-order chi connectivity index (χ1) is 13.4. The van der Waals surface area contributed by atoms with Crippen LogP contribution in [0.15, 0.2) is 46.0 Å². The SMILES string of the molecule is Cc1cc(C)cc(OCc2nnc(SCC(=O)Nc3cccc(Cl)c3Cl)o2)c1. The van der Waals surface area contributed by atoms with E-state index in [1.807, 2.05) is 26.0 Å². The fraction of sp³-hybridized carbons (Fsp3) is 0.211. The maximum Gasteiger partial charge on any atom is 0.277 e. The van der Waals surface area contributed by atoms with Crippen LogP contribution in [0.25, 0.3) is 0 Å². The van der Waals surface area contributed by atoms with E-state index in [4.69, 9.17) is 32.4 Å². The lowest BCUT2D eigenvalue weighted by molar-refractivity contribution is -0.113. The number of ether oxygens (including phenoxy) is 1. The minimum Gasteiger partial charge on any atom is -0.484 e. The number of halogens is 2. The predicted octanol–water partition coefficient (Wildman–Crippen LogP) is 5.30. The summed E-state index contributed by atoms with van der Waals surface area (Å²) in [6.45, 7) is 4.16. The Morgan fingerprint density at radius 1 is 1.18 bits per heavy atom. The minimum absolute atomic E-state index is 0.0857. The van der Waals surface area contributed by atoms with Crippen LogP contribution in [-0.2, 0) is 11.4 Å². The standard InChI is InChI=1S/C19H17Cl2N3O3S/c1-11-6-12(2)8-13(7-11)26-9-17-23-24-19(27-17)28-10-16(25)22-15-5-3-4-14(20)18(15)21/h3-8H,9-10H2,1-2H3,(H,22,25). The number of nitrogens with one attached hydrogen (secondary N) is 1. The molecule has 2 aromatic carbocycles. The zero-order chi connectivity index (χ0) is 20.1. The van der Waals surface area contributed by atoms with Gasteiger partial charge in [-0.2, -0.15) is 0 Å². The Hall–Kier alpha value is -2.22. The molecule has 0 spiro atoms. The molecule has 0 saturated carbocycles. The maximum atomic E-state index is 12.1. The smallest absolute Gasteiger partial charge is 0.277 e. The van der Waals surface area contributed by atoms with Gasteiger partial charge in [-0.25, -0.2) is 0 Å². The van der Waals surface area contributed by atoms with Crippen molar-refractivity contribution in [3.63, 3.8) is 0 Å². The largest absolute Gasteiger partial charge is 0.484 e. The number of aryl methyl sites for hydroxylation is 2. The summed E-state index contributed by atoms with van der Waals surface area (Å²) in [4.78, 5) is 12.1. The molecule has 0 unspecified atom stereocenters. The van der Waals surface area contributed by atoms with Crippen molar-refractivity contribution < 1.29 is 13.9 Å². The molecule has 1 amide bonds. The van der Waals surface area contributed by atoms with Gasteiger partial charge in [-0.15, -0.1) is 10.2 Å². The molecule has 9 heteroatoms. The monoisotopic (exact) mass is 437 g/mol. The van der Waals surface area contributed by atoms with Gasteiger partial charge in [0.05, 0.1) is 21.5 Å². The summed E-state index contributed by atoms with van der Waals surface area (Å²) in [6, 6.07) is 11.0. The third kappa shape index (κ3) is 5.64. The number of amides is 1. The molecular weight excluding hydrogens is 421 g/mol. The molecule has 0 atom stereocenters. The van der Waals surface area contributed by atoms with Crippen LogP contribution >= 0.6 is 35.0 Å². The molecule has 146 valence electrons. The molecule has 3 rings (SSSR count). The summed E-state index contributed by atoms with van der Waals surface area (Å²) in [6.07, 6.45) is 0. The van der Waals surface area contributed by atoms with Gasteiger partial charge in [-0.3, -0.25) is 4.79 Å². The van der Waals surface area contributed by atoms with E-state index < -0.39 is 0 Å². The zero-order valence-electron chi connectivity index (χ0n) is 15.2. The van der Waals surface area contributed by atoms with Gasteiger partial charge in [0.25, 0.3) is 11.1 Å². The summed E-state index contributed by atoms with van der Waals surface area (Å²) in [5, 5.41) is 11.5. The fourth-order valence-electron chi connectivity index (χ4n) is 2.43. The average molecular weight is 438 g/mol. The topological polar surface area (TPSA) is 77.2 Å². The van der Waals surface area contributed by atoms with E-state index in [9.17, 15) is 4.79 Å². The van der Waals surface area contributed by atoms with E-state index in [0.717, 1.165) is 28.6 Å². The van der Waals surface area contributed by atoms with Crippen LogP contribution in [-0.4, -0.2) is 21.9 Å². The lowest BCUT2D eigenvalue weighted by atomic mass is 10.1. The molecule has 3 aromatic rings. The van der Waals surface area contributed by atoms with E-state index in [2.05, 4.69) is 21.6 Å². The maximum absolute atomic E-state index is 12.1. The molecule has 28 heavy (non-hydrogen) atoms. The molecule has 0 bridgehead atoms.